The number of anilines is 1. The Morgan fingerprint density at radius 3 is 2.88 bits per heavy atom. The maximum atomic E-state index is 5.82. The standard InChI is InChI=1S/C11H18N4S2/c1-8-9(10(12)16)11(14(2)13-8)15-4-3-6-17-7-5-15/h3-7H2,1-2H3,(H2,12,16). The molecule has 0 bridgehead atoms. The summed E-state index contributed by atoms with van der Waals surface area (Å²) in [7, 11) is 1.96. The normalized spacial score (nSPS) is 16.9. The molecular weight excluding hydrogens is 252 g/mol. The maximum Gasteiger partial charge on any atom is 0.137 e. The second-order valence-electron chi connectivity index (χ2n) is 4.22. The Labute approximate surface area is 112 Å². The van der Waals surface area contributed by atoms with Gasteiger partial charge in [-0.2, -0.15) is 16.9 Å². The SMILES string of the molecule is Cc1nn(C)c(N2CCCSCC2)c1C(N)=S. The number of aryl methyl sites for hydroxylation is 2. The third kappa shape index (κ3) is 2.57. The van der Waals surface area contributed by atoms with E-state index < -0.39 is 0 Å². The average Bonchev–Trinajstić information content (AvgIpc) is 2.47. The summed E-state index contributed by atoms with van der Waals surface area (Å²) in [5, 5.41) is 4.44. The molecule has 0 atom stereocenters. The van der Waals surface area contributed by atoms with Crippen LogP contribution in [0.3, 0.4) is 0 Å². The Hall–Kier alpha value is -0.750. The molecule has 1 saturated heterocycles. The number of hydrogen-bond donors (Lipinski definition) is 1. The van der Waals surface area contributed by atoms with Crippen molar-refractivity contribution in [3.05, 3.63) is 11.3 Å². The fraction of sp³-hybridized carbons (Fsp3) is 0.636. The third-order valence-corrected chi connectivity index (χ3v) is 4.21. The number of thiocarbonyl (C=S) groups is 1. The molecule has 1 aliphatic heterocycles. The Balaban J connectivity index is 2.38. The molecule has 2 heterocycles. The first-order valence-electron chi connectivity index (χ1n) is 5.77. The molecule has 1 aromatic rings. The van der Waals surface area contributed by atoms with Gasteiger partial charge >= 0.3 is 0 Å². The van der Waals surface area contributed by atoms with Gasteiger partial charge in [0.05, 0.1) is 11.3 Å². The molecule has 0 spiro atoms. The van der Waals surface area contributed by atoms with Crippen molar-refractivity contribution in [2.45, 2.75) is 13.3 Å². The van der Waals surface area contributed by atoms with Gasteiger partial charge in [-0.05, 0) is 19.1 Å². The highest BCUT2D eigenvalue weighted by molar-refractivity contribution is 7.99. The summed E-state index contributed by atoms with van der Waals surface area (Å²) in [5.41, 5.74) is 7.68. The van der Waals surface area contributed by atoms with E-state index in [1.807, 2.05) is 30.4 Å². The van der Waals surface area contributed by atoms with E-state index in [0.29, 0.717) is 4.99 Å². The summed E-state index contributed by atoms with van der Waals surface area (Å²) in [5.74, 6) is 3.47. The van der Waals surface area contributed by atoms with E-state index in [-0.39, 0.29) is 0 Å². The highest BCUT2D eigenvalue weighted by Gasteiger charge is 2.21. The smallest absolute Gasteiger partial charge is 0.137 e. The first-order chi connectivity index (χ1) is 8.11. The number of aromatic nitrogens is 2. The van der Waals surface area contributed by atoms with Crippen molar-refractivity contribution in [1.82, 2.24) is 9.78 Å². The predicted molar refractivity (Wildman–Crippen MR) is 78.0 cm³/mol. The molecular formula is C11H18N4S2. The molecule has 2 N–H and O–H groups in total. The Morgan fingerprint density at radius 1 is 1.41 bits per heavy atom. The zero-order chi connectivity index (χ0) is 12.4. The lowest BCUT2D eigenvalue weighted by molar-refractivity contribution is 0.705. The minimum absolute atomic E-state index is 0.447. The first-order valence-corrected chi connectivity index (χ1v) is 7.33. The molecule has 0 aliphatic carbocycles. The van der Waals surface area contributed by atoms with E-state index in [0.717, 1.165) is 35.9 Å². The lowest BCUT2D eigenvalue weighted by atomic mass is 10.2. The van der Waals surface area contributed by atoms with Gasteiger partial charge in [0.25, 0.3) is 0 Å². The highest BCUT2D eigenvalue weighted by atomic mass is 32.2. The first kappa shape index (κ1) is 12.7. The van der Waals surface area contributed by atoms with Crippen LogP contribution in [0.25, 0.3) is 0 Å². The van der Waals surface area contributed by atoms with Crippen molar-refractivity contribution < 1.29 is 0 Å². The van der Waals surface area contributed by atoms with E-state index in [9.17, 15) is 0 Å². The van der Waals surface area contributed by atoms with Crippen LogP contribution in [0.5, 0.6) is 0 Å². The largest absolute Gasteiger partial charge is 0.389 e. The van der Waals surface area contributed by atoms with Crippen LogP contribution in [0.4, 0.5) is 5.82 Å². The predicted octanol–water partition coefficient (Wildman–Crippen LogP) is 1.31. The molecule has 0 saturated carbocycles. The maximum absolute atomic E-state index is 5.82. The van der Waals surface area contributed by atoms with Gasteiger partial charge < -0.3 is 10.6 Å². The topological polar surface area (TPSA) is 47.1 Å². The summed E-state index contributed by atoms with van der Waals surface area (Å²) < 4.78 is 1.90. The number of hydrogen-bond acceptors (Lipinski definition) is 4. The van der Waals surface area contributed by atoms with Gasteiger partial charge in [0.2, 0.25) is 0 Å². The monoisotopic (exact) mass is 270 g/mol. The van der Waals surface area contributed by atoms with Gasteiger partial charge in [-0.25, -0.2) is 0 Å². The Kier molecular flexibility index (Phi) is 3.93. The van der Waals surface area contributed by atoms with Gasteiger partial charge in [0, 0.05) is 25.9 Å². The van der Waals surface area contributed by atoms with Crippen molar-refractivity contribution in [1.29, 1.82) is 0 Å². The fourth-order valence-electron chi connectivity index (χ4n) is 2.26. The molecule has 1 aliphatic rings. The van der Waals surface area contributed by atoms with E-state index in [1.165, 1.54) is 12.2 Å². The van der Waals surface area contributed by atoms with Crippen molar-refractivity contribution in [3.63, 3.8) is 0 Å². The molecule has 0 unspecified atom stereocenters. The summed E-state index contributed by atoms with van der Waals surface area (Å²) in [4.78, 5) is 2.80. The number of nitrogens with two attached hydrogens (primary N) is 1. The summed E-state index contributed by atoms with van der Waals surface area (Å²) in [6.07, 6.45) is 1.20. The Bertz CT molecular complexity index is 419. The highest BCUT2D eigenvalue weighted by Crippen LogP contribution is 2.25. The van der Waals surface area contributed by atoms with Gasteiger partial charge in [-0.3, -0.25) is 4.68 Å². The van der Waals surface area contributed by atoms with Crippen molar-refractivity contribution >= 4 is 34.8 Å². The second kappa shape index (κ2) is 5.27. The van der Waals surface area contributed by atoms with Crippen LogP contribution in [0, 0.1) is 6.92 Å². The average molecular weight is 270 g/mol. The van der Waals surface area contributed by atoms with Gasteiger partial charge in [0.1, 0.15) is 10.8 Å². The molecule has 2 rings (SSSR count). The van der Waals surface area contributed by atoms with Crippen LogP contribution < -0.4 is 10.6 Å². The molecule has 17 heavy (non-hydrogen) atoms. The second-order valence-corrected chi connectivity index (χ2v) is 5.89. The lowest BCUT2D eigenvalue weighted by Crippen LogP contribution is -2.29. The van der Waals surface area contributed by atoms with E-state index >= 15 is 0 Å². The van der Waals surface area contributed by atoms with Crippen molar-refractivity contribution in [3.8, 4) is 0 Å². The summed E-state index contributed by atoms with van der Waals surface area (Å²) in [6, 6.07) is 0. The lowest BCUT2D eigenvalue weighted by Gasteiger charge is -2.23. The molecule has 1 aromatic heterocycles. The fourth-order valence-corrected chi connectivity index (χ4v) is 3.38. The Morgan fingerprint density at radius 2 is 2.18 bits per heavy atom. The van der Waals surface area contributed by atoms with Crippen LogP contribution in [-0.2, 0) is 7.05 Å². The van der Waals surface area contributed by atoms with E-state index in [4.69, 9.17) is 18.0 Å². The van der Waals surface area contributed by atoms with Crippen LogP contribution in [0.15, 0.2) is 0 Å². The number of nitrogens with zero attached hydrogens (tertiary/aromatic N) is 3. The quantitative estimate of drug-likeness (QED) is 0.821. The number of rotatable bonds is 2. The van der Waals surface area contributed by atoms with Crippen molar-refractivity contribution in [2.24, 2.45) is 12.8 Å². The molecule has 0 aromatic carbocycles. The molecule has 6 heteroatoms. The molecule has 94 valence electrons. The minimum atomic E-state index is 0.447. The van der Waals surface area contributed by atoms with Crippen molar-refractivity contribution in [2.75, 3.05) is 29.5 Å². The van der Waals surface area contributed by atoms with Crippen LogP contribution in [0.2, 0.25) is 0 Å². The zero-order valence-electron chi connectivity index (χ0n) is 10.3. The van der Waals surface area contributed by atoms with Crippen LogP contribution in [-0.4, -0.2) is 39.4 Å². The summed E-state index contributed by atoms with van der Waals surface area (Å²) in [6.45, 7) is 4.06. The van der Waals surface area contributed by atoms with E-state index in [1.54, 1.807) is 0 Å². The van der Waals surface area contributed by atoms with Gasteiger partial charge in [-0.1, -0.05) is 12.2 Å². The van der Waals surface area contributed by atoms with E-state index in [2.05, 4.69) is 10.00 Å². The van der Waals surface area contributed by atoms with Crippen LogP contribution >= 0.6 is 24.0 Å². The molecule has 1 fully saturated rings. The third-order valence-electron chi connectivity index (χ3n) is 2.96. The number of thioether (sulfide) groups is 1. The van der Waals surface area contributed by atoms with Crippen LogP contribution in [0.1, 0.15) is 17.7 Å². The van der Waals surface area contributed by atoms with Gasteiger partial charge in [0.15, 0.2) is 0 Å². The summed E-state index contributed by atoms with van der Waals surface area (Å²) >= 11 is 7.15. The molecule has 4 nitrogen and oxygen atoms in total. The minimum Gasteiger partial charge on any atom is -0.389 e. The zero-order valence-corrected chi connectivity index (χ0v) is 11.9. The molecule has 0 amide bonds. The molecule has 0 radical (unpaired) electrons. The van der Waals surface area contributed by atoms with Gasteiger partial charge in [-0.15, -0.1) is 0 Å².